The van der Waals surface area contributed by atoms with Gasteiger partial charge in [-0.15, -0.1) is 0 Å². The van der Waals surface area contributed by atoms with Gasteiger partial charge in [-0.05, 0) is 53.9 Å². The van der Waals surface area contributed by atoms with Crippen molar-refractivity contribution in [3.63, 3.8) is 0 Å². The first-order valence-electron chi connectivity index (χ1n) is 14.8. The van der Waals surface area contributed by atoms with E-state index in [2.05, 4.69) is 16.0 Å². The van der Waals surface area contributed by atoms with Crippen LogP contribution in [0.1, 0.15) is 87.1 Å². The molecule has 0 radical (unpaired) electrons. The molecular weight excluding hydrogens is 566 g/mol. The van der Waals surface area contributed by atoms with Gasteiger partial charge in [0.05, 0.1) is 0 Å². The minimum Gasteiger partial charge on any atom is -0.487 e. The number of hydrogen-bond donors (Lipinski definition) is 3. The monoisotopic (exact) mass is 611 g/mol. The second kappa shape index (κ2) is 13.2. The van der Waals surface area contributed by atoms with Gasteiger partial charge in [0, 0.05) is 40.6 Å². The Morgan fingerprint density at radius 2 is 1.59 bits per heavy atom. The Morgan fingerprint density at radius 3 is 2.18 bits per heavy atom. The van der Waals surface area contributed by atoms with Crippen LogP contribution in [0.3, 0.4) is 0 Å². The smallest absolute Gasteiger partial charge is 0.330 e. The van der Waals surface area contributed by atoms with E-state index in [0.717, 1.165) is 0 Å². The molecule has 0 aliphatic carbocycles. The zero-order valence-corrected chi connectivity index (χ0v) is 27.2. The maximum atomic E-state index is 13.0. The van der Waals surface area contributed by atoms with Crippen molar-refractivity contribution in [2.24, 2.45) is 5.41 Å². The standard InChI is InChI=1S/C33H45N3O8/c1-19(37)42-28-22-16-17-33(8,9)44-26(22)20-12-10-11-13-21(20)27(28)43-25(39)18-34-24(38)15-14-23(29(40)36-32(5,6)7)35-30(41)31(2,3)4/h10-13,23H,14-18H2,1-9H3,(H,34,38)(H,35,41)(H,36,40). The molecule has 3 rings (SSSR count). The Morgan fingerprint density at radius 1 is 0.955 bits per heavy atom. The summed E-state index contributed by atoms with van der Waals surface area (Å²) >= 11 is 0. The number of carbonyl (C=O) groups is 5. The van der Waals surface area contributed by atoms with Gasteiger partial charge in [-0.1, -0.05) is 45.0 Å². The van der Waals surface area contributed by atoms with Gasteiger partial charge in [-0.25, -0.2) is 4.79 Å². The third kappa shape index (κ3) is 9.17. The molecule has 11 heteroatoms. The molecule has 11 nitrogen and oxygen atoms in total. The van der Waals surface area contributed by atoms with Crippen LogP contribution in [-0.2, 0) is 30.4 Å². The molecule has 0 fully saturated rings. The van der Waals surface area contributed by atoms with Gasteiger partial charge >= 0.3 is 11.9 Å². The van der Waals surface area contributed by atoms with E-state index in [1.165, 1.54) is 6.92 Å². The summed E-state index contributed by atoms with van der Waals surface area (Å²) in [5.41, 5.74) is -1.09. The average Bonchev–Trinajstić information content (AvgIpc) is 2.89. The van der Waals surface area contributed by atoms with Gasteiger partial charge in [-0.2, -0.15) is 0 Å². The number of nitrogens with one attached hydrogen (secondary N) is 3. The van der Waals surface area contributed by atoms with Crippen LogP contribution in [0, 0.1) is 5.41 Å². The van der Waals surface area contributed by atoms with Crippen molar-refractivity contribution in [2.75, 3.05) is 6.54 Å². The summed E-state index contributed by atoms with van der Waals surface area (Å²) in [5.74, 6) is -1.85. The van der Waals surface area contributed by atoms with Crippen LogP contribution in [0.25, 0.3) is 10.8 Å². The number of esters is 2. The minimum atomic E-state index is -0.945. The van der Waals surface area contributed by atoms with Crippen molar-refractivity contribution in [3.8, 4) is 17.2 Å². The summed E-state index contributed by atoms with van der Waals surface area (Å²) < 4.78 is 17.6. The molecule has 0 aromatic heterocycles. The lowest BCUT2D eigenvalue weighted by Crippen LogP contribution is -2.54. The number of hydrogen-bond acceptors (Lipinski definition) is 8. The number of fused-ring (bicyclic) bond motifs is 3. The van der Waals surface area contributed by atoms with Crippen LogP contribution in [0.5, 0.6) is 17.2 Å². The molecule has 240 valence electrons. The fourth-order valence-corrected chi connectivity index (χ4v) is 4.64. The summed E-state index contributed by atoms with van der Waals surface area (Å²) in [6.07, 6.45) is 1.08. The van der Waals surface area contributed by atoms with Crippen LogP contribution in [0.15, 0.2) is 24.3 Å². The Labute approximate surface area is 258 Å². The molecular formula is C33H45N3O8. The largest absolute Gasteiger partial charge is 0.487 e. The lowest BCUT2D eigenvalue weighted by Gasteiger charge is -2.34. The van der Waals surface area contributed by atoms with E-state index in [4.69, 9.17) is 14.2 Å². The Hall–Kier alpha value is -4.15. The van der Waals surface area contributed by atoms with Crippen LogP contribution in [0.4, 0.5) is 0 Å². The maximum absolute atomic E-state index is 13.0. The second-order valence-electron chi connectivity index (χ2n) is 13.8. The van der Waals surface area contributed by atoms with Crippen LogP contribution in [0.2, 0.25) is 0 Å². The number of rotatable bonds is 9. The first kappa shape index (κ1) is 34.3. The fraction of sp³-hybridized carbons (Fsp3) is 0.545. The molecule has 0 saturated heterocycles. The van der Waals surface area contributed by atoms with E-state index < -0.39 is 52.9 Å². The molecule has 1 aliphatic rings. The summed E-state index contributed by atoms with van der Waals surface area (Å²) in [5, 5.41) is 9.30. The van der Waals surface area contributed by atoms with Crippen molar-refractivity contribution in [3.05, 3.63) is 29.8 Å². The Balaban J connectivity index is 1.75. The first-order chi connectivity index (χ1) is 20.3. The maximum Gasteiger partial charge on any atom is 0.330 e. The molecule has 1 aliphatic heterocycles. The average molecular weight is 612 g/mol. The van der Waals surface area contributed by atoms with E-state index in [1.807, 2.05) is 46.8 Å². The molecule has 0 spiro atoms. The highest BCUT2D eigenvalue weighted by Crippen LogP contribution is 2.50. The molecule has 3 N–H and O–H groups in total. The third-order valence-electron chi connectivity index (χ3n) is 6.88. The highest BCUT2D eigenvalue weighted by molar-refractivity contribution is 6.00. The normalized spacial score (nSPS) is 14.8. The van der Waals surface area contributed by atoms with Gasteiger partial charge in [0.25, 0.3) is 0 Å². The number of amides is 3. The van der Waals surface area contributed by atoms with E-state index >= 15 is 0 Å². The number of carbonyl (C=O) groups excluding carboxylic acids is 5. The lowest BCUT2D eigenvalue weighted by molar-refractivity contribution is -0.137. The predicted octanol–water partition coefficient (Wildman–Crippen LogP) is 4.12. The molecule has 3 amide bonds. The lowest BCUT2D eigenvalue weighted by atomic mass is 9.91. The van der Waals surface area contributed by atoms with Crippen LogP contribution >= 0.6 is 0 Å². The number of benzene rings is 2. The molecule has 0 bridgehead atoms. The van der Waals surface area contributed by atoms with Gasteiger partial charge in [0.2, 0.25) is 17.7 Å². The summed E-state index contributed by atoms with van der Waals surface area (Å²) in [6, 6.07) is 6.24. The minimum absolute atomic E-state index is 0.0209. The topological polar surface area (TPSA) is 149 Å². The predicted molar refractivity (Wildman–Crippen MR) is 165 cm³/mol. The highest BCUT2D eigenvalue weighted by Gasteiger charge is 2.34. The van der Waals surface area contributed by atoms with Crippen molar-refractivity contribution in [1.29, 1.82) is 0 Å². The molecule has 0 saturated carbocycles. The van der Waals surface area contributed by atoms with Gasteiger partial charge in [-0.3, -0.25) is 19.2 Å². The van der Waals surface area contributed by atoms with Crippen LogP contribution in [-0.4, -0.2) is 53.4 Å². The van der Waals surface area contributed by atoms with Gasteiger partial charge in [0.15, 0.2) is 11.5 Å². The summed E-state index contributed by atoms with van der Waals surface area (Å²) in [7, 11) is 0. The molecule has 2 aromatic rings. The number of ether oxygens (including phenoxy) is 3. The third-order valence-corrected chi connectivity index (χ3v) is 6.88. The van der Waals surface area contributed by atoms with E-state index in [9.17, 15) is 24.0 Å². The van der Waals surface area contributed by atoms with E-state index in [-0.39, 0.29) is 30.2 Å². The molecule has 1 heterocycles. The van der Waals surface area contributed by atoms with Gasteiger partial charge in [0.1, 0.15) is 23.9 Å². The Bertz CT molecular complexity index is 1450. The molecule has 1 atom stereocenters. The molecule has 2 aromatic carbocycles. The molecule has 1 unspecified atom stereocenters. The summed E-state index contributed by atoms with van der Waals surface area (Å²) in [4.78, 5) is 63.3. The SMILES string of the molecule is CC(=O)Oc1c2c(c3ccccc3c1OC(=O)CNC(=O)CCC(NC(=O)C(C)(C)C)C(=O)NC(C)(C)C)OC(C)(C)CC2. The zero-order valence-electron chi connectivity index (χ0n) is 27.2. The first-order valence-corrected chi connectivity index (χ1v) is 14.8. The van der Waals surface area contributed by atoms with Crippen molar-refractivity contribution in [2.45, 2.75) is 105 Å². The second-order valence-corrected chi connectivity index (χ2v) is 13.8. The van der Waals surface area contributed by atoms with Crippen LogP contribution < -0.4 is 30.2 Å². The fourth-order valence-electron chi connectivity index (χ4n) is 4.64. The van der Waals surface area contributed by atoms with Gasteiger partial charge < -0.3 is 30.2 Å². The molecule has 44 heavy (non-hydrogen) atoms. The highest BCUT2D eigenvalue weighted by atomic mass is 16.6. The van der Waals surface area contributed by atoms with Crippen molar-refractivity contribution < 1.29 is 38.2 Å². The quantitative estimate of drug-likeness (QED) is 0.283. The van der Waals surface area contributed by atoms with E-state index in [1.54, 1.807) is 32.9 Å². The Kier molecular flexibility index (Phi) is 10.3. The van der Waals surface area contributed by atoms with Crippen molar-refractivity contribution in [1.82, 2.24) is 16.0 Å². The summed E-state index contributed by atoms with van der Waals surface area (Å²) in [6.45, 7) is 15.4. The zero-order chi connectivity index (χ0) is 33.0. The van der Waals surface area contributed by atoms with E-state index in [0.29, 0.717) is 34.9 Å². The van der Waals surface area contributed by atoms with Crippen molar-refractivity contribution >= 4 is 40.4 Å².